The number of rotatable bonds is 5. The van der Waals surface area contributed by atoms with E-state index in [9.17, 15) is 9.59 Å². The Kier molecular flexibility index (Phi) is 6.00. The average Bonchev–Trinajstić information content (AvgIpc) is 2.69. The second-order valence-electron chi connectivity index (χ2n) is 6.98. The Morgan fingerprint density at radius 2 is 1.50 bits per heavy atom. The van der Waals surface area contributed by atoms with Crippen molar-refractivity contribution in [3.63, 3.8) is 0 Å². The van der Waals surface area contributed by atoms with Crippen molar-refractivity contribution in [2.75, 3.05) is 5.32 Å². The molecule has 0 aliphatic heterocycles. The van der Waals surface area contributed by atoms with E-state index in [-0.39, 0.29) is 23.7 Å². The molecule has 136 valence electrons. The van der Waals surface area contributed by atoms with E-state index >= 15 is 0 Å². The molecule has 1 aromatic carbocycles. The molecule has 1 fully saturated rings. The van der Waals surface area contributed by atoms with E-state index in [0.29, 0.717) is 6.54 Å². The molecule has 5 heteroatoms. The molecule has 26 heavy (non-hydrogen) atoms. The molecule has 3 rings (SSSR count). The van der Waals surface area contributed by atoms with E-state index in [1.54, 1.807) is 12.4 Å². The van der Waals surface area contributed by atoms with Crippen LogP contribution in [0.5, 0.6) is 0 Å². The minimum atomic E-state index is -0.0134. The van der Waals surface area contributed by atoms with Crippen molar-refractivity contribution in [2.45, 2.75) is 39.2 Å². The van der Waals surface area contributed by atoms with Crippen LogP contribution >= 0.6 is 0 Å². The molecule has 2 amide bonds. The van der Waals surface area contributed by atoms with Crippen LogP contribution in [0.25, 0.3) is 0 Å². The minimum absolute atomic E-state index is 0.000243. The second-order valence-corrected chi connectivity index (χ2v) is 6.98. The van der Waals surface area contributed by atoms with Crippen LogP contribution in [0.2, 0.25) is 0 Å². The molecule has 1 heterocycles. The van der Waals surface area contributed by atoms with Crippen molar-refractivity contribution in [1.29, 1.82) is 0 Å². The SMILES string of the molecule is Cc1ccc(NC(=O)C2CCC(C(=O)NCc3ccncc3)CC2)cc1. The maximum atomic E-state index is 12.4. The maximum Gasteiger partial charge on any atom is 0.227 e. The molecule has 0 bridgehead atoms. The van der Waals surface area contributed by atoms with Gasteiger partial charge in [-0.05, 0) is 62.4 Å². The fraction of sp³-hybridized carbons (Fsp3) is 0.381. The van der Waals surface area contributed by atoms with Gasteiger partial charge >= 0.3 is 0 Å². The first-order valence-corrected chi connectivity index (χ1v) is 9.16. The zero-order valence-corrected chi connectivity index (χ0v) is 15.1. The molecule has 2 aromatic rings. The zero-order valence-electron chi connectivity index (χ0n) is 15.1. The molecule has 0 unspecified atom stereocenters. The van der Waals surface area contributed by atoms with Gasteiger partial charge in [-0.1, -0.05) is 17.7 Å². The Hall–Kier alpha value is -2.69. The van der Waals surface area contributed by atoms with Gasteiger partial charge in [-0.25, -0.2) is 0 Å². The third-order valence-electron chi connectivity index (χ3n) is 5.00. The van der Waals surface area contributed by atoms with Crippen molar-refractivity contribution in [3.8, 4) is 0 Å². The summed E-state index contributed by atoms with van der Waals surface area (Å²) in [6.07, 6.45) is 6.47. The number of carbonyl (C=O) groups excluding carboxylic acids is 2. The molecule has 0 radical (unpaired) electrons. The number of nitrogens with zero attached hydrogens (tertiary/aromatic N) is 1. The molecule has 2 N–H and O–H groups in total. The lowest BCUT2D eigenvalue weighted by molar-refractivity contribution is -0.128. The van der Waals surface area contributed by atoms with Crippen LogP contribution in [0.3, 0.4) is 0 Å². The van der Waals surface area contributed by atoms with E-state index in [4.69, 9.17) is 0 Å². The van der Waals surface area contributed by atoms with Gasteiger partial charge in [-0.3, -0.25) is 14.6 Å². The zero-order chi connectivity index (χ0) is 18.4. The van der Waals surface area contributed by atoms with Gasteiger partial charge in [0.2, 0.25) is 11.8 Å². The van der Waals surface area contributed by atoms with Crippen LogP contribution in [0.4, 0.5) is 5.69 Å². The van der Waals surface area contributed by atoms with Crippen LogP contribution in [0, 0.1) is 18.8 Å². The predicted octanol–water partition coefficient (Wildman–Crippen LogP) is 3.45. The fourth-order valence-corrected chi connectivity index (χ4v) is 3.33. The molecule has 1 aromatic heterocycles. The van der Waals surface area contributed by atoms with E-state index < -0.39 is 0 Å². The lowest BCUT2D eigenvalue weighted by Gasteiger charge is -2.27. The molecule has 0 spiro atoms. The largest absolute Gasteiger partial charge is 0.352 e. The number of carbonyl (C=O) groups is 2. The van der Waals surface area contributed by atoms with E-state index in [2.05, 4.69) is 15.6 Å². The van der Waals surface area contributed by atoms with Crippen LogP contribution < -0.4 is 10.6 Å². The van der Waals surface area contributed by atoms with Gasteiger partial charge in [0.15, 0.2) is 0 Å². The highest BCUT2D eigenvalue weighted by Crippen LogP contribution is 2.30. The van der Waals surface area contributed by atoms with Crippen LogP contribution in [-0.4, -0.2) is 16.8 Å². The van der Waals surface area contributed by atoms with Crippen LogP contribution in [-0.2, 0) is 16.1 Å². The third-order valence-corrected chi connectivity index (χ3v) is 5.00. The Balaban J connectivity index is 1.43. The summed E-state index contributed by atoms with van der Waals surface area (Å²) >= 11 is 0. The van der Waals surface area contributed by atoms with Crippen LogP contribution in [0.15, 0.2) is 48.8 Å². The fourth-order valence-electron chi connectivity index (χ4n) is 3.33. The summed E-state index contributed by atoms with van der Waals surface area (Å²) in [7, 11) is 0. The highest BCUT2D eigenvalue weighted by atomic mass is 16.2. The quantitative estimate of drug-likeness (QED) is 0.867. The number of aromatic nitrogens is 1. The first-order valence-electron chi connectivity index (χ1n) is 9.16. The lowest BCUT2D eigenvalue weighted by Crippen LogP contribution is -2.35. The Bertz CT molecular complexity index is 736. The summed E-state index contributed by atoms with van der Waals surface area (Å²) in [5.41, 5.74) is 3.04. The summed E-state index contributed by atoms with van der Waals surface area (Å²) in [6.45, 7) is 2.54. The Labute approximate surface area is 154 Å². The smallest absolute Gasteiger partial charge is 0.227 e. The second kappa shape index (κ2) is 8.61. The topological polar surface area (TPSA) is 71.1 Å². The first kappa shape index (κ1) is 18.1. The third kappa shape index (κ3) is 4.91. The molecule has 1 aliphatic rings. The average molecular weight is 351 g/mol. The van der Waals surface area contributed by atoms with Crippen molar-refractivity contribution in [3.05, 3.63) is 59.9 Å². The molecular formula is C21H25N3O2. The number of benzene rings is 1. The molecule has 1 aliphatic carbocycles. The van der Waals surface area contributed by atoms with Crippen molar-refractivity contribution in [2.24, 2.45) is 11.8 Å². The van der Waals surface area contributed by atoms with E-state index in [1.807, 2.05) is 43.3 Å². The number of amides is 2. The normalized spacial score (nSPS) is 19.6. The molecule has 0 saturated heterocycles. The minimum Gasteiger partial charge on any atom is -0.352 e. The number of aryl methyl sites for hydroxylation is 1. The first-order chi connectivity index (χ1) is 12.6. The van der Waals surface area contributed by atoms with Gasteiger partial charge < -0.3 is 10.6 Å². The molecular weight excluding hydrogens is 326 g/mol. The summed E-state index contributed by atoms with van der Waals surface area (Å²) in [5, 5.41) is 5.97. The molecule has 0 atom stereocenters. The maximum absolute atomic E-state index is 12.4. The van der Waals surface area contributed by atoms with Crippen LogP contribution in [0.1, 0.15) is 36.8 Å². The lowest BCUT2D eigenvalue weighted by atomic mass is 9.81. The Morgan fingerprint density at radius 1 is 0.923 bits per heavy atom. The van der Waals surface area contributed by atoms with Crippen molar-refractivity contribution in [1.82, 2.24) is 10.3 Å². The number of nitrogens with one attached hydrogen (secondary N) is 2. The van der Waals surface area contributed by atoms with Gasteiger partial charge in [0, 0.05) is 36.5 Å². The van der Waals surface area contributed by atoms with Crippen molar-refractivity contribution < 1.29 is 9.59 Å². The highest BCUT2D eigenvalue weighted by Gasteiger charge is 2.29. The van der Waals surface area contributed by atoms with Crippen molar-refractivity contribution >= 4 is 17.5 Å². The summed E-state index contributed by atoms with van der Waals surface area (Å²) in [5.74, 6) is 0.129. The Morgan fingerprint density at radius 3 is 2.12 bits per heavy atom. The van der Waals surface area contributed by atoms with Gasteiger partial charge in [0.25, 0.3) is 0 Å². The van der Waals surface area contributed by atoms with E-state index in [1.165, 1.54) is 5.56 Å². The predicted molar refractivity (Wildman–Crippen MR) is 101 cm³/mol. The van der Waals surface area contributed by atoms with Gasteiger partial charge in [0.05, 0.1) is 0 Å². The number of anilines is 1. The number of hydrogen-bond acceptors (Lipinski definition) is 3. The molecule has 1 saturated carbocycles. The summed E-state index contributed by atoms with van der Waals surface area (Å²) in [4.78, 5) is 28.7. The summed E-state index contributed by atoms with van der Waals surface area (Å²) in [6, 6.07) is 11.6. The van der Waals surface area contributed by atoms with Gasteiger partial charge in [-0.15, -0.1) is 0 Å². The molecule has 5 nitrogen and oxygen atoms in total. The van der Waals surface area contributed by atoms with Gasteiger partial charge in [-0.2, -0.15) is 0 Å². The highest BCUT2D eigenvalue weighted by molar-refractivity contribution is 5.92. The number of pyridine rings is 1. The monoisotopic (exact) mass is 351 g/mol. The van der Waals surface area contributed by atoms with Gasteiger partial charge in [0.1, 0.15) is 0 Å². The summed E-state index contributed by atoms with van der Waals surface area (Å²) < 4.78 is 0. The van der Waals surface area contributed by atoms with E-state index in [0.717, 1.165) is 36.9 Å². The number of hydrogen-bond donors (Lipinski definition) is 2. The standard InChI is InChI=1S/C21H25N3O2/c1-15-2-8-19(9-3-15)24-21(26)18-6-4-17(5-7-18)20(25)23-14-16-10-12-22-13-11-16/h2-3,8-13,17-18H,4-7,14H2,1H3,(H,23,25)(H,24,26).